The van der Waals surface area contributed by atoms with E-state index in [0.717, 1.165) is 50.3 Å². The molecule has 138 valence electrons. The summed E-state index contributed by atoms with van der Waals surface area (Å²) in [5.41, 5.74) is 1.15. The number of carbonyl (C=O) groups is 1. The number of amides is 2. The van der Waals surface area contributed by atoms with Crippen LogP contribution >= 0.6 is 0 Å². The largest absolute Gasteiger partial charge is 0.495 e. The van der Waals surface area contributed by atoms with E-state index in [1.54, 1.807) is 7.11 Å². The van der Waals surface area contributed by atoms with Gasteiger partial charge >= 0.3 is 6.03 Å². The van der Waals surface area contributed by atoms with Crippen molar-refractivity contribution in [3.63, 3.8) is 0 Å². The van der Waals surface area contributed by atoms with Crippen molar-refractivity contribution < 1.29 is 9.53 Å². The number of ether oxygens (including phenoxy) is 1. The fourth-order valence-electron chi connectivity index (χ4n) is 4.10. The number of para-hydroxylation sites is 2. The second kappa shape index (κ2) is 8.45. The first kappa shape index (κ1) is 17.9. The molecule has 1 heterocycles. The van der Waals surface area contributed by atoms with Crippen LogP contribution in [0.15, 0.2) is 24.3 Å². The van der Waals surface area contributed by atoms with Gasteiger partial charge in [-0.15, -0.1) is 0 Å². The summed E-state index contributed by atoms with van der Waals surface area (Å²) < 4.78 is 5.47. The van der Waals surface area contributed by atoms with Crippen LogP contribution in [0.4, 0.5) is 10.5 Å². The monoisotopic (exact) mass is 345 g/mol. The summed E-state index contributed by atoms with van der Waals surface area (Å²) in [6, 6.07) is 8.66. The van der Waals surface area contributed by atoms with Crippen LogP contribution in [0.5, 0.6) is 5.75 Å². The molecule has 1 aromatic carbocycles. The molecule has 2 amide bonds. The van der Waals surface area contributed by atoms with Gasteiger partial charge in [-0.1, -0.05) is 31.4 Å². The Kier molecular flexibility index (Phi) is 6.05. The maximum atomic E-state index is 12.4. The molecule has 1 saturated carbocycles. The molecule has 5 heteroatoms. The standard InChI is InChI=1S/C20H31N3O2/c1-22(17-8-4-3-5-9-17)20(24)21-14-16-12-13-23(15-16)18-10-6-7-11-19(18)25-2/h6-7,10-11,16-17H,3-5,8-9,12-15H2,1-2H3,(H,21,24). The minimum absolute atomic E-state index is 0.0858. The second-order valence-electron chi connectivity index (χ2n) is 7.36. The lowest BCUT2D eigenvalue weighted by Gasteiger charge is -2.31. The van der Waals surface area contributed by atoms with Crippen molar-refractivity contribution in [2.75, 3.05) is 38.7 Å². The molecule has 0 spiro atoms. The van der Waals surface area contributed by atoms with E-state index in [0.29, 0.717) is 12.0 Å². The summed E-state index contributed by atoms with van der Waals surface area (Å²) in [6.07, 6.45) is 7.21. The normalized spacial score (nSPS) is 21.2. The molecule has 3 rings (SSSR count). The minimum Gasteiger partial charge on any atom is -0.495 e. The van der Waals surface area contributed by atoms with Crippen LogP contribution in [-0.2, 0) is 0 Å². The van der Waals surface area contributed by atoms with E-state index in [4.69, 9.17) is 4.74 Å². The molecule has 1 unspecified atom stereocenters. The second-order valence-corrected chi connectivity index (χ2v) is 7.36. The molecule has 0 bridgehead atoms. The Labute approximate surface area is 151 Å². The summed E-state index contributed by atoms with van der Waals surface area (Å²) in [6.45, 7) is 2.73. The summed E-state index contributed by atoms with van der Waals surface area (Å²) in [5.74, 6) is 1.41. The van der Waals surface area contributed by atoms with Gasteiger partial charge in [-0.05, 0) is 37.3 Å². The Morgan fingerprint density at radius 2 is 2.00 bits per heavy atom. The molecule has 1 N–H and O–H groups in total. The molecule has 2 fully saturated rings. The van der Waals surface area contributed by atoms with E-state index < -0.39 is 0 Å². The SMILES string of the molecule is COc1ccccc1N1CCC(CNC(=O)N(C)C2CCCCC2)C1. The maximum Gasteiger partial charge on any atom is 0.317 e. The first-order valence-electron chi connectivity index (χ1n) is 9.57. The molecule has 5 nitrogen and oxygen atoms in total. The number of urea groups is 1. The Morgan fingerprint density at radius 3 is 2.76 bits per heavy atom. The topological polar surface area (TPSA) is 44.8 Å². The van der Waals surface area contributed by atoms with E-state index in [-0.39, 0.29) is 6.03 Å². The number of carbonyl (C=O) groups excluding carboxylic acids is 1. The van der Waals surface area contributed by atoms with Crippen molar-refractivity contribution in [3.05, 3.63) is 24.3 Å². The number of benzene rings is 1. The molecule has 0 radical (unpaired) electrons. The predicted molar refractivity (Wildman–Crippen MR) is 101 cm³/mol. The van der Waals surface area contributed by atoms with Gasteiger partial charge in [0.05, 0.1) is 12.8 Å². The number of nitrogens with one attached hydrogen (secondary N) is 1. The zero-order valence-electron chi connectivity index (χ0n) is 15.5. The van der Waals surface area contributed by atoms with Crippen LogP contribution in [0.1, 0.15) is 38.5 Å². The van der Waals surface area contributed by atoms with E-state index in [9.17, 15) is 4.79 Å². The van der Waals surface area contributed by atoms with Crippen molar-refractivity contribution >= 4 is 11.7 Å². The molecule has 1 saturated heterocycles. The Balaban J connectivity index is 1.47. The van der Waals surface area contributed by atoms with Crippen molar-refractivity contribution in [1.29, 1.82) is 0 Å². The van der Waals surface area contributed by atoms with Crippen molar-refractivity contribution in [2.45, 2.75) is 44.6 Å². The molecule has 0 aromatic heterocycles. The van der Waals surface area contributed by atoms with Gasteiger partial charge in [-0.2, -0.15) is 0 Å². The summed E-state index contributed by atoms with van der Waals surface area (Å²) in [4.78, 5) is 16.7. The summed E-state index contributed by atoms with van der Waals surface area (Å²) in [5, 5.41) is 3.15. The van der Waals surface area contributed by atoms with Crippen molar-refractivity contribution in [2.24, 2.45) is 5.92 Å². The predicted octanol–water partition coefficient (Wildman–Crippen LogP) is 3.50. The van der Waals surface area contributed by atoms with E-state index in [2.05, 4.69) is 16.3 Å². The molecule has 25 heavy (non-hydrogen) atoms. The van der Waals surface area contributed by atoms with Crippen molar-refractivity contribution in [1.82, 2.24) is 10.2 Å². The van der Waals surface area contributed by atoms with Gasteiger partial charge in [-0.3, -0.25) is 0 Å². The number of methoxy groups -OCH3 is 1. The zero-order chi connectivity index (χ0) is 17.6. The van der Waals surface area contributed by atoms with Crippen molar-refractivity contribution in [3.8, 4) is 5.75 Å². The Bertz CT molecular complexity index is 572. The van der Waals surface area contributed by atoms with E-state index in [1.165, 1.54) is 19.3 Å². The van der Waals surface area contributed by atoms with E-state index >= 15 is 0 Å². The molecular weight excluding hydrogens is 314 g/mol. The van der Waals surface area contributed by atoms with Gasteiger partial charge in [0.25, 0.3) is 0 Å². The maximum absolute atomic E-state index is 12.4. The van der Waals surface area contributed by atoms with Gasteiger partial charge in [0.1, 0.15) is 5.75 Å². The Morgan fingerprint density at radius 1 is 1.24 bits per heavy atom. The summed E-state index contributed by atoms with van der Waals surface area (Å²) in [7, 11) is 3.66. The van der Waals surface area contributed by atoms with Crippen LogP contribution in [0.3, 0.4) is 0 Å². The number of anilines is 1. The van der Waals surface area contributed by atoms with Gasteiger partial charge < -0.3 is 19.9 Å². The van der Waals surface area contributed by atoms with E-state index in [1.807, 2.05) is 30.1 Å². The quantitative estimate of drug-likeness (QED) is 0.888. The third-order valence-corrected chi connectivity index (χ3v) is 5.70. The highest BCUT2D eigenvalue weighted by atomic mass is 16.5. The third-order valence-electron chi connectivity index (χ3n) is 5.70. The summed E-state index contributed by atoms with van der Waals surface area (Å²) >= 11 is 0. The molecule has 1 aliphatic heterocycles. The van der Waals surface area contributed by atoms with Crippen LogP contribution in [0.25, 0.3) is 0 Å². The Hall–Kier alpha value is -1.91. The minimum atomic E-state index is 0.0858. The average Bonchev–Trinajstić information content (AvgIpc) is 3.15. The fourth-order valence-corrected chi connectivity index (χ4v) is 4.10. The molecule has 1 atom stereocenters. The first-order valence-corrected chi connectivity index (χ1v) is 9.57. The van der Waals surface area contributed by atoms with Crippen LogP contribution < -0.4 is 15.0 Å². The molecule has 2 aliphatic rings. The van der Waals surface area contributed by atoms with Gasteiger partial charge in [-0.25, -0.2) is 4.79 Å². The smallest absolute Gasteiger partial charge is 0.317 e. The molecule has 1 aliphatic carbocycles. The molecule has 1 aromatic rings. The third kappa shape index (κ3) is 4.39. The lowest BCUT2D eigenvalue weighted by molar-refractivity contribution is 0.172. The average molecular weight is 345 g/mol. The highest BCUT2D eigenvalue weighted by molar-refractivity contribution is 5.74. The number of nitrogens with zero attached hydrogens (tertiary/aromatic N) is 2. The van der Waals surface area contributed by atoms with Gasteiger partial charge in [0.2, 0.25) is 0 Å². The van der Waals surface area contributed by atoms with Gasteiger partial charge in [0, 0.05) is 32.7 Å². The number of rotatable bonds is 5. The highest BCUT2D eigenvalue weighted by Gasteiger charge is 2.26. The lowest BCUT2D eigenvalue weighted by Crippen LogP contribution is -2.45. The van der Waals surface area contributed by atoms with Gasteiger partial charge in [0.15, 0.2) is 0 Å². The fraction of sp³-hybridized carbons (Fsp3) is 0.650. The van der Waals surface area contributed by atoms with Crippen LogP contribution in [0, 0.1) is 5.92 Å². The first-order chi connectivity index (χ1) is 12.2. The lowest BCUT2D eigenvalue weighted by atomic mass is 9.95. The molecular formula is C20H31N3O2. The number of hydrogen-bond acceptors (Lipinski definition) is 3. The zero-order valence-corrected chi connectivity index (χ0v) is 15.5. The van der Waals surface area contributed by atoms with Crippen LogP contribution in [-0.4, -0.2) is 50.8 Å². The number of hydrogen-bond donors (Lipinski definition) is 1. The highest BCUT2D eigenvalue weighted by Crippen LogP contribution is 2.31. The van der Waals surface area contributed by atoms with Crippen LogP contribution in [0.2, 0.25) is 0 Å².